The van der Waals surface area contributed by atoms with E-state index in [1.165, 1.54) is 18.5 Å². The number of alkyl halides is 3. The Morgan fingerprint density at radius 3 is 2.32 bits per heavy atom. The van der Waals surface area contributed by atoms with Crippen LogP contribution in [0.25, 0.3) is 5.69 Å². The summed E-state index contributed by atoms with van der Waals surface area (Å²) in [6.45, 7) is 1.44. The van der Waals surface area contributed by atoms with E-state index in [4.69, 9.17) is 4.74 Å². The summed E-state index contributed by atoms with van der Waals surface area (Å²) in [7, 11) is 0. The van der Waals surface area contributed by atoms with Gasteiger partial charge in [-0.1, -0.05) is 0 Å². The maximum atomic E-state index is 13.0. The third-order valence-corrected chi connectivity index (χ3v) is 6.18. The number of rotatable bonds is 6. The highest BCUT2D eigenvalue weighted by molar-refractivity contribution is 5.42. The van der Waals surface area contributed by atoms with Crippen LogP contribution >= 0.6 is 0 Å². The van der Waals surface area contributed by atoms with Gasteiger partial charge in [0.1, 0.15) is 11.4 Å². The van der Waals surface area contributed by atoms with Crippen LogP contribution in [0, 0.1) is 0 Å². The fraction of sp³-hybridized carbons (Fsp3) is 0.391. The first-order valence-corrected chi connectivity index (χ1v) is 11.0. The van der Waals surface area contributed by atoms with Crippen LogP contribution in [0.2, 0.25) is 0 Å². The summed E-state index contributed by atoms with van der Waals surface area (Å²) in [4.78, 5) is 25.3. The maximum Gasteiger partial charge on any atom is 0.421 e. The van der Waals surface area contributed by atoms with Crippen molar-refractivity contribution >= 4 is 11.8 Å². The van der Waals surface area contributed by atoms with Gasteiger partial charge in [-0.25, -0.2) is 15.0 Å². The zero-order chi connectivity index (χ0) is 23.7. The van der Waals surface area contributed by atoms with Crippen molar-refractivity contribution < 1.29 is 17.9 Å². The molecule has 1 saturated heterocycles. The lowest BCUT2D eigenvalue weighted by atomic mass is 10.0. The molecule has 2 atom stereocenters. The number of nitrogens with one attached hydrogen (secondary N) is 2. The van der Waals surface area contributed by atoms with Crippen molar-refractivity contribution in [2.75, 3.05) is 23.8 Å². The van der Waals surface area contributed by atoms with Crippen molar-refractivity contribution in [2.45, 2.75) is 43.4 Å². The molecule has 3 aromatic heterocycles. The second-order valence-electron chi connectivity index (χ2n) is 8.57. The van der Waals surface area contributed by atoms with Crippen molar-refractivity contribution in [2.24, 2.45) is 0 Å². The van der Waals surface area contributed by atoms with Crippen LogP contribution in [0.4, 0.5) is 24.9 Å². The Kier molecular flexibility index (Phi) is 5.94. The highest BCUT2D eigenvalue weighted by atomic mass is 19.4. The molecule has 11 heteroatoms. The van der Waals surface area contributed by atoms with Gasteiger partial charge in [0.05, 0.1) is 25.1 Å². The number of hydrogen-bond donors (Lipinski definition) is 2. The van der Waals surface area contributed by atoms with Gasteiger partial charge in [-0.15, -0.1) is 0 Å². The fourth-order valence-electron chi connectivity index (χ4n) is 4.21. The molecule has 2 aliphatic rings. The van der Waals surface area contributed by atoms with Crippen LogP contribution in [0.3, 0.4) is 0 Å². The summed E-state index contributed by atoms with van der Waals surface area (Å²) >= 11 is 0. The molecule has 4 heterocycles. The van der Waals surface area contributed by atoms with Crippen molar-refractivity contribution in [1.29, 1.82) is 0 Å². The fourth-order valence-corrected chi connectivity index (χ4v) is 4.21. The van der Waals surface area contributed by atoms with Gasteiger partial charge >= 0.3 is 6.18 Å². The van der Waals surface area contributed by atoms with Gasteiger partial charge in [0, 0.05) is 36.6 Å². The molecule has 1 aliphatic carbocycles. The molecule has 0 unspecified atom stereocenters. The predicted molar refractivity (Wildman–Crippen MR) is 119 cm³/mol. The highest BCUT2D eigenvalue weighted by Gasteiger charge is 2.34. The molecule has 1 aliphatic heterocycles. The normalized spacial score (nSPS) is 20.7. The molecular weight excluding hydrogens is 449 g/mol. The number of aromatic nitrogens is 4. The van der Waals surface area contributed by atoms with Gasteiger partial charge in [0.2, 0.25) is 5.95 Å². The third-order valence-electron chi connectivity index (χ3n) is 6.18. The third kappa shape index (κ3) is 4.74. The zero-order valence-corrected chi connectivity index (χ0v) is 18.1. The molecule has 178 valence electrons. The van der Waals surface area contributed by atoms with E-state index in [0.29, 0.717) is 17.7 Å². The van der Waals surface area contributed by atoms with E-state index in [1.54, 1.807) is 12.1 Å². The smallest absolute Gasteiger partial charge is 0.380 e. The molecule has 0 spiro atoms. The lowest BCUT2D eigenvalue weighted by Crippen LogP contribution is -2.27. The average molecular weight is 472 g/mol. The molecule has 5 rings (SSSR count). The molecule has 3 aromatic rings. The Hall–Kier alpha value is -3.47. The molecule has 0 bridgehead atoms. The summed E-state index contributed by atoms with van der Waals surface area (Å²) < 4.78 is 45.2. The first-order valence-electron chi connectivity index (χ1n) is 11.0. The number of pyridine rings is 2. The lowest BCUT2D eigenvalue weighted by molar-refractivity contribution is -0.138. The first-order chi connectivity index (χ1) is 16.4. The minimum atomic E-state index is -4.71. The van der Waals surface area contributed by atoms with Crippen molar-refractivity contribution in [3.8, 4) is 5.69 Å². The van der Waals surface area contributed by atoms with Crippen LogP contribution in [0.15, 0.2) is 53.8 Å². The summed E-state index contributed by atoms with van der Waals surface area (Å²) in [5.41, 5.74) is -0.984. The summed E-state index contributed by atoms with van der Waals surface area (Å²) in [5, 5.41) is 6.72. The van der Waals surface area contributed by atoms with Gasteiger partial charge in [-0.2, -0.15) is 13.2 Å². The van der Waals surface area contributed by atoms with Crippen LogP contribution in [-0.4, -0.2) is 44.8 Å². The van der Waals surface area contributed by atoms with Gasteiger partial charge in [-0.05, 0) is 49.1 Å². The van der Waals surface area contributed by atoms with Crippen molar-refractivity contribution in [1.82, 2.24) is 19.5 Å². The van der Waals surface area contributed by atoms with E-state index in [9.17, 15) is 18.0 Å². The van der Waals surface area contributed by atoms with Gasteiger partial charge in [-0.3, -0.25) is 9.36 Å². The minimum Gasteiger partial charge on any atom is -0.380 e. The number of hydrogen-bond acceptors (Lipinski definition) is 7. The highest BCUT2D eigenvalue weighted by Crippen LogP contribution is 2.28. The molecule has 8 nitrogen and oxygen atoms in total. The van der Waals surface area contributed by atoms with E-state index in [-0.39, 0.29) is 17.8 Å². The Morgan fingerprint density at radius 2 is 1.71 bits per heavy atom. The predicted octanol–water partition coefficient (Wildman–Crippen LogP) is 3.60. The van der Waals surface area contributed by atoms with E-state index in [1.807, 2.05) is 12.4 Å². The van der Waals surface area contributed by atoms with Crippen LogP contribution in [0.1, 0.15) is 36.3 Å². The van der Waals surface area contributed by atoms with Crippen molar-refractivity contribution in [3.63, 3.8) is 0 Å². The second-order valence-corrected chi connectivity index (χ2v) is 8.57. The number of anilines is 2. The Bertz CT molecular complexity index is 1190. The summed E-state index contributed by atoms with van der Waals surface area (Å²) in [6.07, 6.45) is 4.37. The molecule has 1 saturated carbocycles. The summed E-state index contributed by atoms with van der Waals surface area (Å²) in [6, 6.07) is 5.60. The van der Waals surface area contributed by atoms with Crippen molar-refractivity contribution in [3.05, 3.63) is 70.5 Å². The molecule has 34 heavy (non-hydrogen) atoms. The lowest BCUT2D eigenvalue weighted by Gasteiger charge is -2.25. The molecule has 2 fully saturated rings. The SMILES string of the molecule is O=c1c(C(F)(F)F)cccn1-c1ccc(N[C@H]2CC[C@H](Nc3ncc(C4COC4)cn3)C2)nc1. The van der Waals surface area contributed by atoms with Crippen LogP contribution < -0.4 is 16.2 Å². The van der Waals surface area contributed by atoms with E-state index in [0.717, 1.165) is 48.7 Å². The average Bonchev–Trinajstić information content (AvgIpc) is 3.20. The Labute approximate surface area is 193 Å². The van der Waals surface area contributed by atoms with Crippen LogP contribution in [-0.2, 0) is 10.9 Å². The molecule has 0 amide bonds. The molecule has 2 N–H and O–H groups in total. The zero-order valence-electron chi connectivity index (χ0n) is 18.1. The molecule has 0 aromatic carbocycles. The van der Waals surface area contributed by atoms with E-state index >= 15 is 0 Å². The molecule has 0 radical (unpaired) electrons. The largest absolute Gasteiger partial charge is 0.421 e. The second kappa shape index (κ2) is 9.05. The Balaban J connectivity index is 1.18. The van der Waals surface area contributed by atoms with Gasteiger partial charge in [0.25, 0.3) is 5.56 Å². The molecular formula is C23H23F3N6O2. The minimum absolute atomic E-state index is 0.179. The number of nitrogens with zero attached hydrogens (tertiary/aromatic N) is 4. The van der Waals surface area contributed by atoms with Crippen LogP contribution in [0.5, 0.6) is 0 Å². The van der Waals surface area contributed by atoms with Gasteiger partial charge < -0.3 is 15.4 Å². The summed E-state index contributed by atoms with van der Waals surface area (Å²) in [5.74, 6) is 1.58. The topological polar surface area (TPSA) is 94.0 Å². The van der Waals surface area contributed by atoms with E-state index in [2.05, 4.69) is 25.6 Å². The standard InChI is InChI=1S/C23H23F3N6O2/c24-23(25,26)19-2-1-7-32(21(19)33)18-5-6-20(27-11-18)30-16-3-4-17(8-16)31-22-28-9-14(10-29-22)15-12-34-13-15/h1-2,5-7,9-11,15-17H,3-4,8,12-13H2,(H,27,30)(H,28,29,31)/t16-,17-/m0/s1. The Morgan fingerprint density at radius 1 is 0.971 bits per heavy atom. The maximum absolute atomic E-state index is 13.0. The monoisotopic (exact) mass is 472 g/mol. The first kappa shape index (κ1) is 22.3. The van der Waals surface area contributed by atoms with Gasteiger partial charge in [0.15, 0.2) is 0 Å². The number of halogens is 3. The number of ether oxygens (including phenoxy) is 1. The quantitative estimate of drug-likeness (QED) is 0.566. The van der Waals surface area contributed by atoms with E-state index < -0.39 is 17.3 Å².